The zero-order valence-corrected chi connectivity index (χ0v) is 16.1. The smallest absolute Gasteiger partial charge is 0.232 e. The van der Waals surface area contributed by atoms with Crippen LogP contribution in [0.25, 0.3) is 0 Å². The Morgan fingerprint density at radius 1 is 1.38 bits per heavy atom. The molecule has 24 heavy (non-hydrogen) atoms. The number of nitrogens with one attached hydrogen (secondary N) is 1. The van der Waals surface area contributed by atoms with E-state index in [2.05, 4.69) is 5.32 Å². The summed E-state index contributed by atoms with van der Waals surface area (Å²) < 4.78 is 30.8. The van der Waals surface area contributed by atoms with Gasteiger partial charge in [-0.1, -0.05) is 24.9 Å². The van der Waals surface area contributed by atoms with Crippen molar-refractivity contribution in [3.05, 3.63) is 22.7 Å². The monoisotopic (exact) mass is 376 g/mol. The Morgan fingerprint density at radius 3 is 2.58 bits per heavy atom. The van der Waals surface area contributed by atoms with Crippen molar-refractivity contribution in [1.29, 1.82) is 0 Å². The highest BCUT2D eigenvalue weighted by Gasteiger charge is 2.23. The van der Waals surface area contributed by atoms with Crippen molar-refractivity contribution in [3.8, 4) is 5.75 Å². The molecule has 0 unspecified atom stereocenters. The first-order valence-corrected chi connectivity index (χ1v) is 10.0. The number of ether oxygens (including phenoxy) is 1. The number of hydrogen-bond acceptors (Lipinski definition) is 4. The highest BCUT2D eigenvalue weighted by atomic mass is 35.5. The topological polar surface area (TPSA) is 75.7 Å². The van der Waals surface area contributed by atoms with Gasteiger partial charge in [-0.3, -0.25) is 9.10 Å². The quantitative estimate of drug-likeness (QED) is 0.672. The predicted molar refractivity (Wildman–Crippen MR) is 97.5 cm³/mol. The summed E-state index contributed by atoms with van der Waals surface area (Å²) in [6, 6.07) is 3.23. The maximum atomic E-state index is 12.2. The van der Waals surface area contributed by atoms with Crippen LogP contribution in [-0.2, 0) is 14.8 Å². The van der Waals surface area contributed by atoms with Crippen LogP contribution < -0.4 is 14.4 Å². The molecule has 0 aliphatic heterocycles. The van der Waals surface area contributed by atoms with E-state index >= 15 is 0 Å². The van der Waals surface area contributed by atoms with E-state index < -0.39 is 10.0 Å². The molecule has 1 amide bonds. The Balaban J connectivity index is 3.00. The second-order valence-corrected chi connectivity index (χ2v) is 7.88. The second kappa shape index (κ2) is 9.13. The highest BCUT2D eigenvalue weighted by Crippen LogP contribution is 2.35. The third-order valence-electron chi connectivity index (χ3n) is 3.52. The van der Waals surface area contributed by atoms with E-state index in [4.69, 9.17) is 16.3 Å². The first-order valence-electron chi connectivity index (χ1n) is 7.79. The Labute approximate surface area is 149 Å². The van der Waals surface area contributed by atoms with Crippen molar-refractivity contribution in [2.24, 2.45) is 0 Å². The van der Waals surface area contributed by atoms with Crippen LogP contribution in [0.3, 0.4) is 0 Å². The molecular formula is C16H25ClN2O4S. The largest absolute Gasteiger partial charge is 0.494 e. The lowest BCUT2D eigenvalue weighted by Gasteiger charge is -2.25. The van der Waals surface area contributed by atoms with Gasteiger partial charge in [-0.05, 0) is 25.0 Å². The molecule has 0 spiro atoms. The Bertz CT molecular complexity index is 677. The van der Waals surface area contributed by atoms with E-state index in [0.29, 0.717) is 23.0 Å². The molecule has 0 atom stereocenters. The van der Waals surface area contributed by atoms with Crippen molar-refractivity contribution in [2.75, 3.05) is 30.8 Å². The van der Waals surface area contributed by atoms with Crippen LogP contribution >= 0.6 is 11.6 Å². The maximum absolute atomic E-state index is 12.2. The summed E-state index contributed by atoms with van der Waals surface area (Å²) in [7, 11) is -2.12. The summed E-state index contributed by atoms with van der Waals surface area (Å²) in [4.78, 5) is 11.9. The van der Waals surface area contributed by atoms with E-state index in [1.165, 1.54) is 11.4 Å². The highest BCUT2D eigenvalue weighted by molar-refractivity contribution is 7.92. The van der Waals surface area contributed by atoms with Crippen molar-refractivity contribution < 1.29 is 17.9 Å². The van der Waals surface area contributed by atoms with Gasteiger partial charge in [0.25, 0.3) is 0 Å². The molecule has 1 N–H and O–H groups in total. The summed E-state index contributed by atoms with van der Waals surface area (Å²) >= 11 is 6.07. The normalized spacial score (nSPS) is 11.2. The van der Waals surface area contributed by atoms with Gasteiger partial charge >= 0.3 is 0 Å². The van der Waals surface area contributed by atoms with Crippen LogP contribution in [0.15, 0.2) is 12.1 Å². The summed E-state index contributed by atoms with van der Waals surface area (Å²) in [5.41, 5.74) is 1.11. The number of carbonyl (C=O) groups is 1. The fourth-order valence-corrected chi connectivity index (χ4v) is 3.24. The van der Waals surface area contributed by atoms with Crippen molar-refractivity contribution in [2.45, 2.75) is 33.1 Å². The fourth-order valence-electron chi connectivity index (χ4n) is 2.17. The molecule has 8 heteroatoms. The van der Waals surface area contributed by atoms with Gasteiger partial charge in [-0.25, -0.2) is 8.42 Å². The van der Waals surface area contributed by atoms with Crippen molar-refractivity contribution in [1.82, 2.24) is 5.32 Å². The molecule has 0 bridgehead atoms. The van der Waals surface area contributed by atoms with Gasteiger partial charge in [0.05, 0.1) is 19.1 Å². The van der Waals surface area contributed by atoms with E-state index in [1.807, 2.05) is 6.92 Å². The molecule has 0 aliphatic carbocycles. The minimum atomic E-state index is -3.57. The molecule has 136 valence electrons. The average molecular weight is 377 g/mol. The summed E-state index contributed by atoms with van der Waals surface area (Å²) in [5.74, 6) is 0.171. The molecular weight excluding hydrogens is 352 g/mol. The summed E-state index contributed by atoms with van der Waals surface area (Å²) in [6.07, 6.45) is 3.05. The molecule has 0 aromatic heterocycles. The van der Waals surface area contributed by atoms with E-state index in [1.54, 1.807) is 19.1 Å². The lowest BCUT2D eigenvalue weighted by atomic mass is 10.2. The number of anilines is 1. The predicted octanol–water partition coefficient (Wildman–Crippen LogP) is 2.73. The lowest BCUT2D eigenvalue weighted by Crippen LogP contribution is -2.35. The van der Waals surface area contributed by atoms with Gasteiger partial charge in [0, 0.05) is 30.6 Å². The third kappa shape index (κ3) is 5.87. The zero-order valence-electron chi connectivity index (χ0n) is 14.6. The molecule has 1 aromatic rings. The number of rotatable bonds is 9. The fraction of sp³-hybridized carbons (Fsp3) is 0.562. The molecule has 0 saturated carbocycles. The molecule has 1 rings (SSSR count). The summed E-state index contributed by atoms with van der Waals surface area (Å²) in [6.45, 7) is 4.45. The average Bonchev–Trinajstić information content (AvgIpc) is 2.49. The van der Waals surface area contributed by atoms with Gasteiger partial charge in [0.2, 0.25) is 15.9 Å². The Morgan fingerprint density at radius 2 is 2.04 bits per heavy atom. The van der Waals surface area contributed by atoms with Crippen LogP contribution in [-0.4, -0.2) is 40.8 Å². The third-order valence-corrected chi connectivity index (χ3v) is 5.11. The minimum absolute atomic E-state index is 0.0359. The van der Waals surface area contributed by atoms with Crippen LogP contribution in [0, 0.1) is 6.92 Å². The van der Waals surface area contributed by atoms with E-state index in [-0.39, 0.29) is 18.9 Å². The SMILES string of the molecule is CCCCNC(=O)CCN(c1cc(C)c(Cl)cc1OC)S(C)(=O)=O. The molecule has 1 aromatic carbocycles. The molecule has 0 aliphatic rings. The molecule has 0 saturated heterocycles. The number of sulfonamides is 1. The summed E-state index contributed by atoms with van der Waals surface area (Å²) in [5, 5.41) is 3.27. The number of hydrogen-bond donors (Lipinski definition) is 1. The number of aryl methyl sites for hydroxylation is 1. The molecule has 6 nitrogen and oxygen atoms in total. The van der Waals surface area contributed by atoms with Gasteiger partial charge in [-0.15, -0.1) is 0 Å². The second-order valence-electron chi connectivity index (χ2n) is 5.56. The zero-order chi connectivity index (χ0) is 18.3. The number of unbranched alkanes of at least 4 members (excludes halogenated alkanes) is 1. The van der Waals surface area contributed by atoms with Gasteiger partial charge in [-0.2, -0.15) is 0 Å². The van der Waals surface area contributed by atoms with Crippen molar-refractivity contribution >= 4 is 33.2 Å². The molecule has 0 heterocycles. The van der Waals surface area contributed by atoms with Crippen molar-refractivity contribution in [3.63, 3.8) is 0 Å². The van der Waals surface area contributed by atoms with Crippen LogP contribution in [0.2, 0.25) is 5.02 Å². The number of benzene rings is 1. The van der Waals surface area contributed by atoms with Crippen LogP contribution in [0.5, 0.6) is 5.75 Å². The Kier molecular flexibility index (Phi) is 7.83. The molecule has 0 radical (unpaired) electrons. The number of halogens is 1. The minimum Gasteiger partial charge on any atom is -0.494 e. The van der Waals surface area contributed by atoms with Gasteiger partial charge < -0.3 is 10.1 Å². The Hall–Kier alpha value is -1.47. The van der Waals surface area contributed by atoms with Crippen LogP contribution in [0.1, 0.15) is 31.7 Å². The van der Waals surface area contributed by atoms with E-state index in [0.717, 1.165) is 24.7 Å². The van der Waals surface area contributed by atoms with Crippen LogP contribution in [0.4, 0.5) is 5.69 Å². The first kappa shape index (κ1) is 20.6. The van der Waals surface area contributed by atoms with E-state index in [9.17, 15) is 13.2 Å². The first-order chi connectivity index (χ1) is 11.2. The lowest BCUT2D eigenvalue weighted by molar-refractivity contribution is -0.120. The van der Waals surface area contributed by atoms with Gasteiger partial charge in [0.1, 0.15) is 5.75 Å². The number of amides is 1. The standard InChI is InChI=1S/C16H25ClN2O4S/c1-5-6-8-18-16(20)7-9-19(24(4,21)22)14-10-12(2)13(17)11-15(14)23-3/h10-11H,5-9H2,1-4H3,(H,18,20). The number of methoxy groups -OCH3 is 1. The molecule has 0 fully saturated rings. The number of carbonyl (C=O) groups excluding carboxylic acids is 1. The maximum Gasteiger partial charge on any atom is 0.232 e. The number of nitrogens with zero attached hydrogens (tertiary/aromatic N) is 1. The van der Waals surface area contributed by atoms with Gasteiger partial charge in [0.15, 0.2) is 0 Å².